The summed E-state index contributed by atoms with van der Waals surface area (Å²) in [5, 5.41) is 0. The number of carbonyl (C=O) groups is 3. The van der Waals surface area contributed by atoms with Crippen LogP contribution in [-0.2, 0) is 37.0 Å². The molecular formula is C42H38N2O6. The zero-order valence-electron chi connectivity index (χ0n) is 28.0. The summed E-state index contributed by atoms with van der Waals surface area (Å²) >= 11 is 0. The van der Waals surface area contributed by atoms with Crippen molar-refractivity contribution < 1.29 is 28.6 Å². The summed E-state index contributed by atoms with van der Waals surface area (Å²) in [4.78, 5) is 48.9. The van der Waals surface area contributed by atoms with Gasteiger partial charge in [-0.3, -0.25) is 19.4 Å². The number of esters is 2. The highest BCUT2D eigenvalue weighted by atomic mass is 16.6. The van der Waals surface area contributed by atoms with Gasteiger partial charge in [-0.1, -0.05) is 109 Å². The van der Waals surface area contributed by atoms with Crippen LogP contribution in [0.2, 0.25) is 0 Å². The number of rotatable bonds is 6. The second-order valence-corrected chi connectivity index (χ2v) is 14.9. The lowest BCUT2D eigenvalue weighted by molar-refractivity contribution is -0.165. The van der Waals surface area contributed by atoms with Crippen LogP contribution in [0.25, 0.3) is 0 Å². The molecule has 8 nitrogen and oxygen atoms in total. The SMILES string of the molecule is COC(=O)[C@]12[C@@H]3[C@@H]([C@H]4c5ccccc5[C@@H]3N4C(=O)OCc3ccccc3)[C@](C(=O)OC)([C@@H]3[C@H]1[C@@H]1C[C@H]3c3ccccc31)N2Cc1ccccc1. The lowest BCUT2D eigenvalue weighted by Crippen LogP contribution is -2.60. The van der Waals surface area contributed by atoms with E-state index >= 15 is 9.59 Å². The van der Waals surface area contributed by atoms with E-state index < -0.39 is 41.1 Å². The van der Waals surface area contributed by atoms with Crippen molar-refractivity contribution >= 4 is 18.0 Å². The first-order chi connectivity index (χ1) is 24.5. The molecule has 4 aliphatic heterocycles. The standard InChI is InChI=1S/C42H38N2O6/c1-48-38(45)41-32-30-21-31(27-18-10-9-17-26(27)30)33(32)42(39(46)49-2,43(41)22-24-13-5-3-6-14-24)35-34(41)36-28-19-11-12-20-29(28)37(35)44(36)40(47)50-23-25-15-7-4-8-16-25/h3-20,30-37H,21-23H2,1-2H3/t30-,31+,32-,33+,34-,35+,36+,37-,41-,42+. The number of nitrogens with zero attached hydrogens (tertiary/aromatic N) is 2. The zero-order chi connectivity index (χ0) is 33.9. The smallest absolute Gasteiger partial charge is 0.411 e. The summed E-state index contributed by atoms with van der Waals surface area (Å²) in [6.07, 6.45) is 0.426. The Morgan fingerprint density at radius 2 is 1.04 bits per heavy atom. The molecule has 6 bridgehead atoms. The minimum atomic E-state index is -1.22. The molecule has 1 saturated carbocycles. The van der Waals surface area contributed by atoms with E-state index in [0.717, 1.165) is 28.7 Å². The Labute approximate surface area is 290 Å². The Morgan fingerprint density at radius 1 is 0.600 bits per heavy atom. The van der Waals surface area contributed by atoms with Gasteiger partial charge in [0.15, 0.2) is 0 Å². The molecule has 0 N–H and O–H groups in total. The molecule has 10 atom stereocenters. The Kier molecular flexibility index (Phi) is 6.30. The minimum Gasteiger partial charge on any atom is -0.468 e. The van der Waals surface area contributed by atoms with E-state index in [1.54, 1.807) is 0 Å². The maximum Gasteiger partial charge on any atom is 0.411 e. The van der Waals surface area contributed by atoms with Crippen LogP contribution < -0.4 is 0 Å². The number of hydrogen-bond acceptors (Lipinski definition) is 7. The fourth-order valence-corrected chi connectivity index (χ4v) is 12.3. The topological polar surface area (TPSA) is 85.4 Å². The van der Waals surface area contributed by atoms with Crippen LogP contribution in [0.1, 0.15) is 63.7 Å². The van der Waals surface area contributed by atoms with Gasteiger partial charge in [0.1, 0.15) is 17.7 Å². The summed E-state index contributed by atoms with van der Waals surface area (Å²) in [6, 6.07) is 35.4. The highest BCUT2D eigenvalue weighted by Crippen LogP contribution is 2.84. The van der Waals surface area contributed by atoms with Gasteiger partial charge in [-0.2, -0.15) is 0 Å². The van der Waals surface area contributed by atoms with Crippen LogP contribution in [0, 0.1) is 23.7 Å². The number of hydrogen-bond donors (Lipinski definition) is 0. The number of ether oxygens (including phenoxy) is 3. The van der Waals surface area contributed by atoms with E-state index in [1.165, 1.54) is 25.3 Å². The van der Waals surface area contributed by atoms with E-state index in [-0.39, 0.29) is 42.2 Å². The highest BCUT2D eigenvalue weighted by Gasteiger charge is 2.92. The van der Waals surface area contributed by atoms with Crippen molar-refractivity contribution in [3.05, 3.63) is 143 Å². The van der Waals surface area contributed by atoms with Gasteiger partial charge in [-0.05, 0) is 51.6 Å². The van der Waals surface area contributed by atoms with Crippen LogP contribution >= 0.6 is 0 Å². The lowest BCUT2D eigenvalue weighted by atomic mass is 9.49. The zero-order valence-corrected chi connectivity index (χ0v) is 28.0. The quantitative estimate of drug-likeness (QED) is 0.171. The van der Waals surface area contributed by atoms with E-state index in [2.05, 4.69) is 53.4 Å². The van der Waals surface area contributed by atoms with Crippen molar-refractivity contribution in [3.63, 3.8) is 0 Å². The maximum atomic E-state index is 15.1. The molecule has 4 aromatic carbocycles. The molecule has 0 unspecified atom stereocenters. The molecule has 0 spiro atoms. The van der Waals surface area contributed by atoms with Crippen molar-refractivity contribution in [3.8, 4) is 0 Å². The van der Waals surface area contributed by atoms with Gasteiger partial charge in [0.05, 0.1) is 26.3 Å². The average molecular weight is 667 g/mol. The van der Waals surface area contributed by atoms with Gasteiger partial charge in [-0.25, -0.2) is 4.79 Å². The van der Waals surface area contributed by atoms with E-state index in [1.807, 2.05) is 65.6 Å². The molecule has 0 aromatic heterocycles. The van der Waals surface area contributed by atoms with Gasteiger partial charge in [0.25, 0.3) is 0 Å². The lowest BCUT2D eigenvalue weighted by Gasteiger charge is -2.50. The summed E-state index contributed by atoms with van der Waals surface area (Å²) in [6.45, 7) is 0.492. The van der Waals surface area contributed by atoms with Gasteiger partial charge >= 0.3 is 18.0 Å². The first kappa shape index (κ1) is 29.9. The molecule has 3 saturated heterocycles. The average Bonchev–Trinajstić information content (AvgIpc) is 3.99. The third-order valence-corrected chi connectivity index (χ3v) is 13.4. The molecule has 6 aliphatic rings. The molecule has 10 rings (SSSR count). The monoisotopic (exact) mass is 666 g/mol. The molecule has 4 aromatic rings. The van der Waals surface area contributed by atoms with Gasteiger partial charge in [0, 0.05) is 30.2 Å². The van der Waals surface area contributed by atoms with Crippen LogP contribution in [0.15, 0.2) is 109 Å². The number of carbonyl (C=O) groups excluding carboxylic acids is 3. The second-order valence-electron chi connectivity index (χ2n) is 14.9. The predicted molar refractivity (Wildman–Crippen MR) is 182 cm³/mol. The van der Waals surface area contributed by atoms with E-state index in [0.29, 0.717) is 6.54 Å². The normalized spacial score (nSPS) is 34.6. The molecule has 50 heavy (non-hydrogen) atoms. The maximum absolute atomic E-state index is 15.1. The Hall–Kier alpha value is -4.95. The second kappa shape index (κ2) is 10.5. The molecule has 1 amide bonds. The van der Waals surface area contributed by atoms with Crippen molar-refractivity contribution in [1.29, 1.82) is 0 Å². The Morgan fingerprint density at radius 3 is 1.52 bits per heavy atom. The Balaban J connectivity index is 1.22. The Bertz CT molecular complexity index is 1960. The third-order valence-electron chi connectivity index (χ3n) is 13.4. The van der Waals surface area contributed by atoms with Crippen molar-refractivity contribution in [2.75, 3.05) is 14.2 Å². The van der Waals surface area contributed by atoms with Crippen molar-refractivity contribution in [2.24, 2.45) is 23.7 Å². The predicted octanol–water partition coefficient (Wildman–Crippen LogP) is 6.54. The summed E-state index contributed by atoms with van der Waals surface area (Å²) in [7, 11) is 2.93. The molecule has 0 radical (unpaired) electrons. The molecule has 252 valence electrons. The third kappa shape index (κ3) is 3.38. The first-order valence-corrected chi connectivity index (χ1v) is 17.6. The van der Waals surface area contributed by atoms with Gasteiger partial charge in [0.2, 0.25) is 0 Å². The van der Waals surface area contributed by atoms with Crippen molar-refractivity contribution in [1.82, 2.24) is 9.80 Å². The van der Waals surface area contributed by atoms with Crippen molar-refractivity contribution in [2.45, 2.75) is 54.6 Å². The van der Waals surface area contributed by atoms with Crippen LogP contribution in [0.4, 0.5) is 4.79 Å². The van der Waals surface area contributed by atoms with Crippen LogP contribution in [0.3, 0.4) is 0 Å². The minimum absolute atomic E-state index is 0.0545. The fraction of sp³-hybridized carbons (Fsp3) is 0.357. The molecule has 2 aliphatic carbocycles. The number of fused-ring (bicyclic) bond motifs is 22. The molecule has 4 fully saturated rings. The van der Waals surface area contributed by atoms with Crippen LogP contribution in [-0.4, -0.2) is 53.1 Å². The summed E-state index contributed by atoms with van der Waals surface area (Å²) in [5.74, 6) is -1.87. The highest BCUT2D eigenvalue weighted by molar-refractivity contribution is 5.94. The molecule has 4 heterocycles. The van der Waals surface area contributed by atoms with E-state index in [9.17, 15) is 4.79 Å². The van der Waals surface area contributed by atoms with E-state index in [4.69, 9.17) is 14.2 Å². The summed E-state index contributed by atoms with van der Waals surface area (Å²) < 4.78 is 17.9. The number of benzene rings is 4. The largest absolute Gasteiger partial charge is 0.468 e. The molecular weight excluding hydrogens is 628 g/mol. The van der Waals surface area contributed by atoms with Gasteiger partial charge in [-0.15, -0.1) is 0 Å². The summed E-state index contributed by atoms with van der Waals surface area (Å²) in [5.41, 5.74) is 3.99. The fourth-order valence-electron chi connectivity index (χ4n) is 12.3. The molecule has 8 heteroatoms. The van der Waals surface area contributed by atoms with Crippen LogP contribution in [0.5, 0.6) is 0 Å². The first-order valence-electron chi connectivity index (χ1n) is 17.6. The number of amides is 1. The number of methoxy groups -OCH3 is 2. The van der Waals surface area contributed by atoms with Gasteiger partial charge < -0.3 is 14.2 Å².